The molecule has 0 bridgehead atoms. The van der Waals surface area contributed by atoms with E-state index in [2.05, 4.69) is 4.98 Å². The third-order valence-corrected chi connectivity index (χ3v) is 5.94. The van der Waals surface area contributed by atoms with Gasteiger partial charge in [0.05, 0.1) is 17.4 Å². The van der Waals surface area contributed by atoms with Crippen molar-refractivity contribution in [1.29, 1.82) is 0 Å². The quantitative estimate of drug-likeness (QED) is 0.737. The van der Waals surface area contributed by atoms with Gasteiger partial charge in [-0.2, -0.15) is 0 Å². The molecule has 3 aromatic rings. The maximum Gasteiger partial charge on any atom is 0.311 e. The third-order valence-electron chi connectivity index (χ3n) is 4.88. The molecule has 1 amide bonds. The van der Waals surface area contributed by atoms with Gasteiger partial charge in [0, 0.05) is 18.7 Å². The molecule has 1 fully saturated rings. The first-order valence-corrected chi connectivity index (χ1v) is 9.42. The Kier molecular flexibility index (Phi) is 4.31. The molecule has 7 heteroatoms. The average Bonchev–Trinajstić information content (AvgIpc) is 3.41. The van der Waals surface area contributed by atoms with E-state index in [1.54, 1.807) is 30.2 Å². The van der Waals surface area contributed by atoms with Crippen molar-refractivity contribution in [2.45, 2.75) is 13.3 Å². The van der Waals surface area contributed by atoms with E-state index in [1.807, 2.05) is 30.3 Å². The molecule has 0 aliphatic carbocycles. The molecule has 1 aromatic carbocycles. The lowest BCUT2D eigenvalue weighted by atomic mass is 9.90. The lowest BCUT2D eigenvalue weighted by molar-refractivity contribution is -0.147. The van der Waals surface area contributed by atoms with E-state index in [-0.39, 0.29) is 12.5 Å². The zero-order valence-electron chi connectivity index (χ0n) is 14.7. The van der Waals surface area contributed by atoms with Gasteiger partial charge < -0.3 is 14.4 Å². The van der Waals surface area contributed by atoms with Crippen LogP contribution in [0.3, 0.4) is 0 Å². The number of hydrogen-bond acceptors (Lipinski definition) is 5. The minimum atomic E-state index is -0.906. The number of benzene rings is 1. The fourth-order valence-corrected chi connectivity index (χ4v) is 4.24. The van der Waals surface area contributed by atoms with Crippen molar-refractivity contribution >= 4 is 23.2 Å². The van der Waals surface area contributed by atoms with Gasteiger partial charge in [0.25, 0.3) is 5.91 Å². The van der Waals surface area contributed by atoms with Crippen LogP contribution in [0.2, 0.25) is 0 Å². The van der Waals surface area contributed by atoms with E-state index in [1.165, 1.54) is 11.3 Å². The normalized spacial score (nSPS) is 19.4. The summed E-state index contributed by atoms with van der Waals surface area (Å²) < 4.78 is 5.44. The summed E-state index contributed by atoms with van der Waals surface area (Å²) in [7, 11) is 0. The number of carbonyl (C=O) groups excluding carboxylic acids is 1. The van der Waals surface area contributed by atoms with Crippen LogP contribution in [0.25, 0.3) is 22.0 Å². The van der Waals surface area contributed by atoms with E-state index in [0.29, 0.717) is 34.3 Å². The number of carboxylic acids is 1. The molecule has 1 N–H and O–H groups in total. The average molecular weight is 382 g/mol. The Morgan fingerprint density at radius 2 is 2.00 bits per heavy atom. The van der Waals surface area contributed by atoms with Crippen LogP contribution in [0.5, 0.6) is 0 Å². The molecule has 1 aliphatic rings. The van der Waals surface area contributed by atoms with Gasteiger partial charge in [0.15, 0.2) is 10.8 Å². The molecule has 0 radical (unpaired) electrons. The Morgan fingerprint density at radius 3 is 2.63 bits per heavy atom. The number of furan rings is 1. The second-order valence-corrected chi connectivity index (χ2v) is 7.88. The number of nitrogens with zero attached hydrogens (tertiary/aromatic N) is 2. The van der Waals surface area contributed by atoms with Crippen molar-refractivity contribution in [3.63, 3.8) is 0 Å². The molecule has 138 valence electrons. The summed E-state index contributed by atoms with van der Waals surface area (Å²) in [6.45, 7) is 2.30. The number of rotatable bonds is 4. The van der Waals surface area contributed by atoms with Gasteiger partial charge in [-0.05, 0) is 25.5 Å². The highest BCUT2D eigenvalue weighted by Crippen LogP contribution is 2.37. The number of carboxylic acid groups (broad SMARTS) is 1. The van der Waals surface area contributed by atoms with Crippen molar-refractivity contribution < 1.29 is 19.1 Å². The van der Waals surface area contributed by atoms with Gasteiger partial charge in [-0.15, -0.1) is 11.3 Å². The van der Waals surface area contributed by atoms with E-state index in [0.717, 1.165) is 5.56 Å². The molecule has 1 unspecified atom stereocenters. The molecule has 3 heterocycles. The fourth-order valence-electron chi connectivity index (χ4n) is 3.22. The SMILES string of the molecule is CC1(C(=O)O)CCN(C(=O)c2sc(-c3ccco3)nc2-c2ccccc2)C1. The van der Waals surface area contributed by atoms with Gasteiger partial charge in [-0.3, -0.25) is 9.59 Å². The molecular weight excluding hydrogens is 364 g/mol. The first kappa shape index (κ1) is 17.5. The maximum atomic E-state index is 13.2. The Morgan fingerprint density at radius 1 is 1.22 bits per heavy atom. The Hall–Kier alpha value is -2.93. The number of thiazole rings is 1. The molecule has 2 aromatic heterocycles. The van der Waals surface area contributed by atoms with E-state index in [4.69, 9.17) is 4.42 Å². The summed E-state index contributed by atoms with van der Waals surface area (Å²) >= 11 is 1.27. The van der Waals surface area contributed by atoms with E-state index in [9.17, 15) is 14.7 Å². The Balaban J connectivity index is 1.73. The third kappa shape index (κ3) is 3.14. The van der Waals surface area contributed by atoms with Crippen LogP contribution in [0.1, 0.15) is 23.0 Å². The van der Waals surface area contributed by atoms with Crippen LogP contribution < -0.4 is 0 Å². The summed E-state index contributed by atoms with van der Waals surface area (Å²) in [6, 6.07) is 13.1. The van der Waals surface area contributed by atoms with Gasteiger partial charge in [-0.25, -0.2) is 4.98 Å². The predicted octanol–water partition coefficient (Wildman–Crippen LogP) is 4.01. The first-order chi connectivity index (χ1) is 13.0. The number of aliphatic carboxylic acids is 1. The number of aromatic nitrogens is 1. The summed E-state index contributed by atoms with van der Waals surface area (Å²) in [5, 5.41) is 10.1. The molecule has 6 nitrogen and oxygen atoms in total. The van der Waals surface area contributed by atoms with E-state index >= 15 is 0 Å². The topological polar surface area (TPSA) is 83.6 Å². The minimum absolute atomic E-state index is 0.186. The van der Waals surface area contributed by atoms with Crippen molar-refractivity contribution in [2.24, 2.45) is 5.41 Å². The zero-order valence-corrected chi connectivity index (χ0v) is 15.5. The number of amides is 1. The molecular formula is C20H18N2O4S. The van der Waals surface area contributed by atoms with Crippen LogP contribution in [0.15, 0.2) is 53.1 Å². The highest BCUT2D eigenvalue weighted by atomic mass is 32.1. The number of hydrogen-bond donors (Lipinski definition) is 1. The Labute approximate surface area is 160 Å². The minimum Gasteiger partial charge on any atom is -0.481 e. The second kappa shape index (κ2) is 6.66. The standard InChI is InChI=1S/C20H18N2O4S/c1-20(19(24)25)9-10-22(12-20)18(23)16-15(13-6-3-2-4-7-13)21-17(27-16)14-8-5-11-26-14/h2-8,11H,9-10,12H2,1H3,(H,24,25). The largest absolute Gasteiger partial charge is 0.481 e. The summed E-state index contributed by atoms with van der Waals surface area (Å²) in [5.41, 5.74) is 0.535. The molecule has 0 spiro atoms. The first-order valence-electron chi connectivity index (χ1n) is 8.61. The number of carbonyl (C=O) groups is 2. The predicted molar refractivity (Wildman–Crippen MR) is 102 cm³/mol. The molecule has 1 aliphatic heterocycles. The van der Waals surface area contributed by atoms with Crippen LogP contribution in [-0.4, -0.2) is 40.0 Å². The summed E-state index contributed by atoms with van der Waals surface area (Å²) in [5.74, 6) is -0.455. The van der Waals surface area contributed by atoms with Crippen LogP contribution in [0, 0.1) is 5.41 Å². The van der Waals surface area contributed by atoms with Crippen molar-refractivity contribution in [2.75, 3.05) is 13.1 Å². The molecule has 0 saturated carbocycles. The van der Waals surface area contributed by atoms with Crippen LogP contribution >= 0.6 is 11.3 Å². The van der Waals surface area contributed by atoms with Gasteiger partial charge in [0.2, 0.25) is 0 Å². The van der Waals surface area contributed by atoms with Crippen LogP contribution in [0.4, 0.5) is 0 Å². The fraction of sp³-hybridized carbons (Fsp3) is 0.250. The maximum absolute atomic E-state index is 13.2. The molecule has 1 atom stereocenters. The second-order valence-electron chi connectivity index (χ2n) is 6.88. The number of likely N-dealkylation sites (tertiary alicyclic amines) is 1. The van der Waals surface area contributed by atoms with Crippen LogP contribution in [-0.2, 0) is 4.79 Å². The monoisotopic (exact) mass is 382 g/mol. The van der Waals surface area contributed by atoms with Gasteiger partial charge >= 0.3 is 5.97 Å². The van der Waals surface area contributed by atoms with Crippen molar-refractivity contribution in [3.05, 3.63) is 53.6 Å². The highest BCUT2D eigenvalue weighted by Gasteiger charge is 2.43. The lowest BCUT2D eigenvalue weighted by Gasteiger charge is -2.20. The Bertz CT molecular complexity index is 981. The molecule has 1 saturated heterocycles. The zero-order chi connectivity index (χ0) is 19.0. The van der Waals surface area contributed by atoms with Gasteiger partial charge in [-0.1, -0.05) is 30.3 Å². The smallest absolute Gasteiger partial charge is 0.311 e. The van der Waals surface area contributed by atoms with E-state index < -0.39 is 11.4 Å². The highest BCUT2D eigenvalue weighted by molar-refractivity contribution is 7.17. The summed E-state index contributed by atoms with van der Waals surface area (Å²) in [6.07, 6.45) is 2.01. The van der Waals surface area contributed by atoms with Gasteiger partial charge in [0.1, 0.15) is 4.88 Å². The molecule has 4 rings (SSSR count). The van der Waals surface area contributed by atoms with Crippen molar-refractivity contribution in [1.82, 2.24) is 9.88 Å². The molecule has 27 heavy (non-hydrogen) atoms. The summed E-state index contributed by atoms with van der Waals surface area (Å²) in [4.78, 5) is 31.5. The van der Waals surface area contributed by atoms with Crippen molar-refractivity contribution in [3.8, 4) is 22.0 Å². The lowest BCUT2D eigenvalue weighted by Crippen LogP contribution is -2.34.